The van der Waals surface area contributed by atoms with Gasteiger partial charge in [0.25, 0.3) is 0 Å². The normalized spacial score (nSPS) is 10.4. The third-order valence-corrected chi connectivity index (χ3v) is 2.86. The molecule has 94 valence electrons. The first-order valence-electron chi connectivity index (χ1n) is 5.81. The Kier molecular flexibility index (Phi) is 3.41. The van der Waals surface area contributed by atoms with Crippen LogP contribution < -0.4 is 10.5 Å². The van der Waals surface area contributed by atoms with Gasteiger partial charge < -0.3 is 10.5 Å². The van der Waals surface area contributed by atoms with Crippen LogP contribution in [-0.2, 0) is 0 Å². The summed E-state index contributed by atoms with van der Waals surface area (Å²) in [5, 5.41) is 8.09. The monoisotopic (exact) mass is 244 g/mol. The highest BCUT2D eigenvalue weighted by Crippen LogP contribution is 2.26. The van der Waals surface area contributed by atoms with Crippen molar-refractivity contribution < 1.29 is 4.74 Å². The smallest absolute Gasteiger partial charge is 0.149 e. The maximum Gasteiger partial charge on any atom is 0.149 e. The third-order valence-electron chi connectivity index (χ3n) is 2.86. The van der Waals surface area contributed by atoms with Gasteiger partial charge >= 0.3 is 0 Å². The van der Waals surface area contributed by atoms with Crippen molar-refractivity contribution in [1.29, 1.82) is 0 Å². The Morgan fingerprint density at radius 1 is 1.17 bits per heavy atom. The Hall–Kier alpha value is -2.17. The van der Waals surface area contributed by atoms with Gasteiger partial charge in [0.2, 0.25) is 0 Å². The van der Waals surface area contributed by atoms with E-state index in [1.807, 2.05) is 26.8 Å². The van der Waals surface area contributed by atoms with Crippen LogP contribution >= 0.6 is 0 Å². The lowest BCUT2D eigenvalue weighted by atomic mass is 10.1. The summed E-state index contributed by atoms with van der Waals surface area (Å²) in [6.07, 6.45) is 3.43. The summed E-state index contributed by atoms with van der Waals surface area (Å²) >= 11 is 0. The lowest BCUT2D eigenvalue weighted by Gasteiger charge is -2.09. The van der Waals surface area contributed by atoms with Crippen molar-refractivity contribution in [1.82, 2.24) is 15.2 Å². The summed E-state index contributed by atoms with van der Waals surface area (Å²) in [5.41, 5.74) is 9.36. The zero-order valence-electron chi connectivity index (χ0n) is 10.8. The fourth-order valence-electron chi connectivity index (χ4n) is 1.69. The Morgan fingerprint density at radius 2 is 1.94 bits per heavy atom. The van der Waals surface area contributed by atoms with E-state index in [0.29, 0.717) is 12.4 Å². The van der Waals surface area contributed by atoms with Gasteiger partial charge in [0, 0.05) is 11.8 Å². The van der Waals surface area contributed by atoms with E-state index >= 15 is 0 Å². The van der Waals surface area contributed by atoms with Gasteiger partial charge in [-0.25, -0.2) is 0 Å². The number of hydrogen-bond donors (Lipinski definition) is 1. The van der Waals surface area contributed by atoms with Crippen LogP contribution in [0, 0.1) is 13.8 Å². The summed E-state index contributed by atoms with van der Waals surface area (Å²) in [6, 6.07) is 1.91. The topological polar surface area (TPSA) is 73.9 Å². The maximum absolute atomic E-state index is 5.73. The molecule has 18 heavy (non-hydrogen) atoms. The summed E-state index contributed by atoms with van der Waals surface area (Å²) in [6.45, 7) is 6.45. The highest BCUT2D eigenvalue weighted by atomic mass is 16.5. The molecule has 5 nitrogen and oxygen atoms in total. The second-order valence-electron chi connectivity index (χ2n) is 4.03. The zero-order valence-corrected chi connectivity index (χ0v) is 10.8. The van der Waals surface area contributed by atoms with Gasteiger partial charge in [-0.05, 0) is 38.0 Å². The molecular formula is C13H16N4O. The first-order chi connectivity index (χ1) is 8.63. The minimum atomic E-state index is 0.463. The summed E-state index contributed by atoms with van der Waals surface area (Å²) < 4.78 is 5.43. The van der Waals surface area contributed by atoms with Gasteiger partial charge in [0.1, 0.15) is 11.6 Å². The van der Waals surface area contributed by atoms with E-state index in [9.17, 15) is 0 Å². The SMILES string of the molecule is CCOc1cncc(-c2nnc(N)c(C)c2C)c1. The van der Waals surface area contributed by atoms with E-state index in [1.54, 1.807) is 12.4 Å². The van der Waals surface area contributed by atoms with Crippen molar-refractivity contribution in [3.63, 3.8) is 0 Å². The molecule has 2 N–H and O–H groups in total. The largest absolute Gasteiger partial charge is 0.492 e. The second-order valence-corrected chi connectivity index (χ2v) is 4.03. The van der Waals surface area contributed by atoms with Gasteiger partial charge in [-0.15, -0.1) is 10.2 Å². The van der Waals surface area contributed by atoms with E-state index in [4.69, 9.17) is 10.5 Å². The number of aromatic nitrogens is 3. The number of ether oxygens (including phenoxy) is 1. The molecule has 2 aromatic heterocycles. The molecule has 0 spiro atoms. The number of hydrogen-bond acceptors (Lipinski definition) is 5. The highest BCUT2D eigenvalue weighted by molar-refractivity contribution is 5.66. The first kappa shape index (κ1) is 12.3. The molecule has 2 rings (SSSR count). The molecule has 2 heterocycles. The van der Waals surface area contributed by atoms with Gasteiger partial charge in [0.15, 0.2) is 0 Å². The van der Waals surface area contributed by atoms with Crippen LogP contribution in [0.15, 0.2) is 18.5 Å². The van der Waals surface area contributed by atoms with Crippen LogP contribution in [-0.4, -0.2) is 21.8 Å². The number of anilines is 1. The standard InChI is InChI=1S/C13H16N4O/c1-4-18-11-5-10(6-15-7-11)12-8(2)9(3)13(14)17-16-12/h5-7H,4H2,1-3H3,(H2,14,17). The fraction of sp³-hybridized carbons (Fsp3) is 0.308. The molecule has 0 atom stereocenters. The van der Waals surface area contributed by atoms with Gasteiger partial charge in [-0.1, -0.05) is 0 Å². The van der Waals surface area contributed by atoms with Crippen molar-refractivity contribution in [2.45, 2.75) is 20.8 Å². The minimum absolute atomic E-state index is 0.463. The van der Waals surface area contributed by atoms with Crippen molar-refractivity contribution >= 4 is 5.82 Å². The molecule has 0 saturated heterocycles. The van der Waals surface area contributed by atoms with Crippen LogP contribution in [0.4, 0.5) is 5.82 Å². The summed E-state index contributed by atoms with van der Waals surface area (Å²) in [7, 11) is 0. The van der Waals surface area contributed by atoms with Crippen molar-refractivity contribution in [2.75, 3.05) is 12.3 Å². The zero-order chi connectivity index (χ0) is 13.1. The predicted octanol–water partition coefficient (Wildman–Crippen LogP) is 2.14. The van der Waals surface area contributed by atoms with Crippen LogP contribution in [0.5, 0.6) is 5.75 Å². The Labute approximate surface area is 106 Å². The van der Waals surface area contributed by atoms with E-state index in [-0.39, 0.29) is 0 Å². The molecule has 0 bridgehead atoms. The average Bonchev–Trinajstić information content (AvgIpc) is 2.37. The number of nitrogens with two attached hydrogens (primary N) is 1. The first-order valence-corrected chi connectivity index (χ1v) is 5.81. The van der Waals surface area contributed by atoms with E-state index in [0.717, 1.165) is 28.1 Å². The molecule has 0 radical (unpaired) electrons. The van der Waals surface area contributed by atoms with Crippen LogP contribution in [0.1, 0.15) is 18.1 Å². The molecule has 0 amide bonds. The Bertz CT molecular complexity index is 569. The van der Waals surface area contributed by atoms with Crippen molar-refractivity contribution in [3.8, 4) is 17.0 Å². The van der Waals surface area contributed by atoms with Crippen LogP contribution in [0.25, 0.3) is 11.3 Å². The lowest BCUT2D eigenvalue weighted by molar-refractivity contribution is 0.339. The minimum Gasteiger partial charge on any atom is -0.492 e. The maximum atomic E-state index is 5.73. The van der Waals surface area contributed by atoms with Gasteiger partial charge in [-0.2, -0.15) is 0 Å². The molecule has 2 aromatic rings. The third kappa shape index (κ3) is 2.25. The molecule has 0 aliphatic carbocycles. The summed E-state index contributed by atoms with van der Waals surface area (Å²) in [5.74, 6) is 1.19. The molecule has 0 saturated carbocycles. The van der Waals surface area contributed by atoms with Crippen molar-refractivity contribution in [2.24, 2.45) is 0 Å². The predicted molar refractivity (Wildman–Crippen MR) is 70.3 cm³/mol. The number of pyridine rings is 1. The van der Waals surface area contributed by atoms with E-state index < -0.39 is 0 Å². The quantitative estimate of drug-likeness (QED) is 0.895. The Morgan fingerprint density at radius 3 is 2.67 bits per heavy atom. The molecule has 0 aromatic carbocycles. The van der Waals surface area contributed by atoms with Crippen LogP contribution in [0.3, 0.4) is 0 Å². The lowest BCUT2D eigenvalue weighted by Crippen LogP contribution is -2.02. The highest BCUT2D eigenvalue weighted by Gasteiger charge is 2.10. The molecular weight excluding hydrogens is 228 g/mol. The number of nitrogens with zero attached hydrogens (tertiary/aromatic N) is 3. The van der Waals surface area contributed by atoms with E-state index in [2.05, 4.69) is 15.2 Å². The van der Waals surface area contributed by atoms with Crippen molar-refractivity contribution in [3.05, 3.63) is 29.6 Å². The Balaban J connectivity index is 2.48. The molecule has 0 fully saturated rings. The second kappa shape index (κ2) is 5.00. The van der Waals surface area contributed by atoms with Gasteiger partial charge in [-0.3, -0.25) is 4.98 Å². The molecule has 0 unspecified atom stereocenters. The summed E-state index contributed by atoms with van der Waals surface area (Å²) in [4.78, 5) is 4.15. The molecule has 0 aliphatic heterocycles. The molecule has 0 aliphatic rings. The fourth-order valence-corrected chi connectivity index (χ4v) is 1.69. The van der Waals surface area contributed by atoms with E-state index in [1.165, 1.54) is 0 Å². The number of nitrogen functional groups attached to an aromatic ring is 1. The average molecular weight is 244 g/mol. The number of rotatable bonds is 3. The van der Waals surface area contributed by atoms with Crippen LogP contribution in [0.2, 0.25) is 0 Å². The molecule has 5 heteroatoms. The van der Waals surface area contributed by atoms with Gasteiger partial charge in [0.05, 0.1) is 18.5 Å².